The van der Waals surface area contributed by atoms with E-state index in [0.29, 0.717) is 11.9 Å². The van der Waals surface area contributed by atoms with Crippen LogP contribution in [0, 0.1) is 5.92 Å². The maximum absolute atomic E-state index is 13.0. The predicted molar refractivity (Wildman–Crippen MR) is 151 cm³/mol. The zero-order chi connectivity index (χ0) is 29.3. The minimum absolute atomic E-state index is 0.0734. The number of Topliss-reactive ketones (excluding diaryl/α,β-unsaturated/α-hetero) is 1. The van der Waals surface area contributed by atoms with Crippen molar-refractivity contribution in [1.82, 2.24) is 10.6 Å². The number of carbonyl (C=O) groups excluding carboxylic acids is 4. The molecule has 0 fully saturated rings. The normalized spacial score (nSPS) is 18.8. The third-order valence-electron chi connectivity index (χ3n) is 6.86. The van der Waals surface area contributed by atoms with Gasteiger partial charge in [0.25, 0.3) is 0 Å². The highest BCUT2D eigenvalue weighted by molar-refractivity contribution is 5.92. The molecule has 2 amide bonds. The average molecular weight is 548 g/mol. The summed E-state index contributed by atoms with van der Waals surface area (Å²) in [6.07, 6.45) is 5.92. The number of rotatable bonds is 13. The molecule has 9 nitrogen and oxygen atoms in total. The molecule has 2 unspecified atom stereocenters. The molecule has 1 aliphatic rings. The quantitative estimate of drug-likeness (QED) is 0.240. The average Bonchev–Trinajstić information content (AvgIpc) is 2.93. The Bertz CT molecular complexity index is 1260. The van der Waals surface area contributed by atoms with Gasteiger partial charge in [-0.3, -0.25) is 14.4 Å². The molecule has 6 N–H and O–H groups in total. The molecule has 212 valence electrons. The number of aromatic hydroxyl groups is 1. The van der Waals surface area contributed by atoms with E-state index in [4.69, 9.17) is 5.73 Å². The van der Waals surface area contributed by atoms with E-state index in [1.807, 2.05) is 30.3 Å². The van der Waals surface area contributed by atoms with Crippen LogP contribution in [0.5, 0.6) is 5.75 Å². The van der Waals surface area contributed by atoms with Crippen molar-refractivity contribution in [2.75, 3.05) is 0 Å². The van der Waals surface area contributed by atoms with Gasteiger partial charge in [0.15, 0.2) is 5.78 Å². The number of amides is 2. The SMILES string of the molecule is CC(C)[C@H](NC(=O)[C@@H](N)CC1=CCC(O)(C(=O)Cc2ccccc2)C=C1)C(=O)NC(C=O)Cc1ccc(O)cc1. The molecule has 0 bridgehead atoms. The molecule has 2 aromatic carbocycles. The van der Waals surface area contributed by atoms with E-state index in [1.54, 1.807) is 38.1 Å². The van der Waals surface area contributed by atoms with Crippen molar-refractivity contribution in [1.29, 1.82) is 0 Å². The van der Waals surface area contributed by atoms with Crippen LogP contribution in [-0.4, -0.2) is 57.8 Å². The number of ketones is 1. The Hall–Kier alpha value is -4.08. The molecule has 0 aliphatic heterocycles. The van der Waals surface area contributed by atoms with E-state index < -0.39 is 35.5 Å². The molecule has 0 spiro atoms. The van der Waals surface area contributed by atoms with Gasteiger partial charge in [-0.25, -0.2) is 0 Å². The first-order chi connectivity index (χ1) is 19.0. The van der Waals surface area contributed by atoms with Crippen LogP contribution in [0.3, 0.4) is 0 Å². The molecule has 3 rings (SSSR count). The molecular weight excluding hydrogens is 510 g/mol. The maximum Gasteiger partial charge on any atom is 0.243 e. The van der Waals surface area contributed by atoms with Crippen LogP contribution in [0.1, 0.15) is 37.8 Å². The van der Waals surface area contributed by atoms with Crippen molar-refractivity contribution < 1.29 is 29.4 Å². The number of nitrogens with one attached hydrogen (secondary N) is 2. The van der Waals surface area contributed by atoms with Gasteiger partial charge in [0.2, 0.25) is 11.8 Å². The van der Waals surface area contributed by atoms with Crippen LogP contribution < -0.4 is 16.4 Å². The largest absolute Gasteiger partial charge is 0.508 e. The molecule has 1 aliphatic carbocycles. The summed E-state index contributed by atoms with van der Waals surface area (Å²) in [5.41, 5.74) is 6.78. The summed E-state index contributed by atoms with van der Waals surface area (Å²) in [4.78, 5) is 50.2. The Balaban J connectivity index is 1.54. The van der Waals surface area contributed by atoms with Crippen LogP contribution in [0.25, 0.3) is 0 Å². The van der Waals surface area contributed by atoms with Crippen LogP contribution in [0.2, 0.25) is 0 Å². The third-order valence-corrected chi connectivity index (χ3v) is 6.86. The lowest BCUT2D eigenvalue weighted by molar-refractivity contribution is -0.132. The number of phenolic OH excluding ortho intramolecular Hbond substituents is 1. The first-order valence-corrected chi connectivity index (χ1v) is 13.3. The Morgan fingerprint density at radius 1 is 0.975 bits per heavy atom. The number of hydrogen-bond acceptors (Lipinski definition) is 7. The molecule has 0 saturated carbocycles. The molecule has 40 heavy (non-hydrogen) atoms. The van der Waals surface area contributed by atoms with E-state index in [2.05, 4.69) is 10.6 Å². The standard InChI is InChI=1S/C31H37N3O6/c1-20(2)28(30(39)33-24(19-35)16-22-8-10-25(36)11-9-22)34-29(38)26(32)17-23-12-14-31(40,15-13-23)27(37)18-21-6-4-3-5-7-21/h3-14,19-20,24,26,28,36,40H,15-18,32H2,1-2H3,(H,33,39)(H,34,38)/t24?,26-,28-,31?/m0/s1. The van der Waals surface area contributed by atoms with Gasteiger partial charge < -0.3 is 31.4 Å². The first kappa shape index (κ1) is 30.5. The molecule has 0 radical (unpaired) electrons. The minimum Gasteiger partial charge on any atom is -0.508 e. The highest BCUT2D eigenvalue weighted by Crippen LogP contribution is 2.25. The highest BCUT2D eigenvalue weighted by atomic mass is 16.3. The van der Waals surface area contributed by atoms with Crippen molar-refractivity contribution >= 4 is 23.9 Å². The second-order valence-corrected chi connectivity index (χ2v) is 10.5. The molecule has 4 atom stereocenters. The van der Waals surface area contributed by atoms with Gasteiger partial charge in [-0.1, -0.05) is 74.0 Å². The molecule has 0 aromatic heterocycles. The zero-order valence-corrected chi connectivity index (χ0v) is 22.7. The number of benzene rings is 2. The topological polar surface area (TPSA) is 159 Å². The van der Waals surface area contributed by atoms with Gasteiger partial charge in [-0.2, -0.15) is 0 Å². The number of carbonyl (C=O) groups is 4. The maximum atomic E-state index is 13.0. The second-order valence-electron chi connectivity index (χ2n) is 10.5. The summed E-state index contributed by atoms with van der Waals surface area (Å²) in [6, 6.07) is 12.8. The van der Waals surface area contributed by atoms with Crippen molar-refractivity contribution in [2.45, 2.75) is 63.3 Å². The lowest BCUT2D eigenvalue weighted by Crippen LogP contribution is -2.55. The number of allylic oxidation sites excluding steroid dienone is 1. The van der Waals surface area contributed by atoms with E-state index in [-0.39, 0.29) is 43.1 Å². The van der Waals surface area contributed by atoms with Crippen molar-refractivity contribution in [2.24, 2.45) is 11.7 Å². The predicted octanol–water partition coefficient (Wildman–Crippen LogP) is 1.91. The van der Waals surface area contributed by atoms with Gasteiger partial charge in [0.05, 0.1) is 12.1 Å². The number of phenols is 1. The van der Waals surface area contributed by atoms with Gasteiger partial charge in [-0.15, -0.1) is 0 Å². The lowest BCUT2D eigenvalue weighted by Gasteiger charge is -2.27. The number of aldehydes is 1. The van der Waals surface area contributed by atoms with Gasteiger partial charge in [0.1, 0.15) is 23.7 Å². The van der Waals surface area contributed by atoms with Crippen LogP contribution >= 0.6 is 0 Å². The lowest BCUT2D eigenvalue weighted by atomic mass is 9.84. The zero-order valence-electron chi connectivity index (χ0n) is 22.7. The Morgan fingerprint density at radius 2 is 1.65 bits per heavy atom. The van der Waals surface area contributed by atoms with E-state index in [1.165, 1.54) is 18.2 Å². The minimum atomic E-state index is -1.62. The van der Waals surface area contributed by atoms with Gasteiger partial charge in [0, 0.05) is 12.8 Å². The van der Waals surface area contributed by atoms with Gasteiger partial charge >= 0.3 is 0 Å². The van der Waals surface area contributed by atoms with Crippen molar-refractivity contribution in [3.63, 3.8) is 0 Å². The summed E-state index contributed by atoms with van der Waals surface area (Å²) in [5.74, 6) is -1.55. The fraction of sp³-hybridized carbons (Fsp3) is 0.355. The summed E-state index contributed by atoms with van der Waals surface area (Å²) >= 11 is 0. The Kier molecular flexibility index (Phi) is 10.5. The highest BCUT2D eigenvalue weighted by Gasteiger charge is 2.34. The summed E-state index contributed by atoms with van der Waals surface area (Å²) < 4.78 is 0. The first-order valence-electron chi connectivity index (χ1n) is 13.3. The van der Waals surface area contributed by atoms with Crippen LogP contribution in [0.4, 0.5) is 0 Å². The number of hydrogen-bond donors (Lipinski definition) is 5. The Morgan fingerprint density at radius 3 is 2.23 bits per heavy atom. The third kappa shape index (κ3) is 8.46. The Labute approximate surface area is 234 Å². The van der Waals surface area contributed by atoms with E-state index >= 15 is 0 Å². The molecule has 0 heterocycles. The molecule has 0 saturated heterocycles. The summed E-state index contributed by atoms with van der Waals surface area (Å²) in [5, 5.41) is 25.6. The summed E-state index contributed by atoms with van der Waals surface area (Å²) in [6.45, 7) is 3.54. The van der Waals surface area contributed by atoms with Crippen LogP contribution in [-0.2, 0) is 32.0 Å². The molecule has 9 heteroatoms. The number of aliphatic hydroxyl groups is 1. The fourth-order valence-electron chi connectivity index (χ4n) is 4.39. The van der Waals surface area contributed by atoms with E-state index in [9.17, 15) is 29.4 Å². The van der Waals surface area contributed by atoms with E-state index in [0.717, 1.165) is 11.1 Å². The van der Waals surface area contributed by atoms with Crippen LogP contribution in [0.15, 0.2) is 78.4 Å². The summed E-state index contributed by atoms with van der Waals surface area (Å²) in [7, 11) is 0. The smallest absolute Gasteiger partial charge is 0.243 e. The second kappa shape index (κ2) is 13.8. The van der Waals surface area contributed by atoms with Crippen molar-refractivity contribution in [3.05, 3.63) is 89.5 Å². The number of nitrogens with two attached hydrogens (primary N) is 1. The van der Waals surface area contributed by atoms with Crippen molar-refractivity contribution in [3.8, 4) is 5.75 Å². The van der Waals surface area contributed by atoms with Gasteiger partial charge in [-0.05, 0) is 48.1 Å². The molecule has 2 aromatic rings. The monoisotopic (exact) mass is 547 g/mol. The molecular formula is C31H37N3O6. The fourth-order valence-corrected chi connectivity index (χ4v) is 4.39.